The van der Waals surface area contributed by atoms with Crippen molar-refractivity contribution >= 4 is 5.90 Å². The molecule has 0 aliphatic rings. The summed E-state index contributed by atoms with van der Waals surface area (Å²) < 4.78 is 0. The number of hydrogen-bond donors (Lipinski definition) is 0. The van der Waals surface area contributed by atoms with Gasteiger partial charge in [-0.3, -0.25) is 4.99 Å². The minimum Gasteiger partial charge on any atom is -0.858 e. The van der Waals surface area contributed by atoms with E-state index in [1.807, 2.05) is 20.8 Å². The Bertz CT molecular complexity index is 306. The predicted octanol–water partition coefficient (Wildman–Crippen LogP) is -2.61. The van der Waals surface area contributed by atoms with Crippen molar-refractivity contribution < 1.29 is 24.0 Å². The molecule has 0 aromatic carbocycles. The topological polar surface area (TPSA) is 61.2 Å². The number of nitrogens with zero attached hydrogens (tertiary/aromatic N) is 3. The molecular formula is C9H12LiN3O. The average molecular weight is 185 g/mol. The van der Waals surface area contributed by atoms with Crippen molar-refractivity contribution in [1.82, 2.24) is 10.2 Å². The Morgan fingerprint density at radius 1 is 1.36 bits per heavy atom. The first kappa shape index (κ1) is 13.1. The molecule has 0 unspecified atom stereocenters. The van der Waals surface area contributed by atoms with Crippen LogP contribution < -0.4 is 24.0 Å². The third-order valence-electron chi connectivity index (χ3n) is 1.27. The van der Waals surface area contributed by atoms with Gasteiger partial charge in [0.15, 0.2) is 0 Å². The molecule has 1 aromatic heterocycles. The Morgan fingerprint density at radius 3 is 2.43 bits per heavy atom. The molecule has 0 bridgehead atoms. The molecule has 0 atom stereocenters. The summed E-state index contributed by atoms with van der Waals surface area (Å²) >= 11 is 0. The third-order valence-corrected chi connectivity index (χ3v) is 1.27. The first-order valence-electron chi connectivity index (χ1n) is 4.03. The van der Waals surface area contributed by atoms with Crippen LogP contribution in [0.4, 0.5) is 0 Å². The normalized spacial score (nSPS) is 12.1. The second-order valence-corrected chi connectivity index (χ2v) is 3.72. The maximum Gasteiger partial charge on any atom is 1.00 e. The van der Waals surface area contributed by atoms with Crippen molar-refractivity contribution in [3.05, 3.63) is 24.0 Å². The zero-order valence-corrected chi connectivity index (χ0v) is 8.98. The third kappa shape index (κ3) is 4.40. The first-order valence-corrected chi connectivity index (χ1v) is 4.03. The Morgan fingerprint density at radius 2 is 2.00 bits per heavy atom. The molecule has 4 nitrogen and oxygen atoms in total. The number of aromatic nitrogens is 2. The largest absolute Gasteiger partial charge is 1.00 e. The fourth-order valence-electron chi connectivity index (χ4n) is 0.786. The summed E-state index contributed by atoms with van der Waals surface area (Å²) in [6, 6.07) is 1.60. The van der Waals surface area contributed by atoms with Crippen molar-refractivity contribution in [3.63, 3.8) is 0 Å². The molecule has 1 heterocycles. The molecule has 0 aliphatic carbocycles. The molecule has 0 saturated carbocycles. The summed E-state index contributed by atoms with van der Waals surface area (Å²) in [6.07, 6.45) is 2.89. The zero-order chi connectivity index (χ0) is 9.90. The Kier molecular flexibility index (Phi) is 4.82. The SMILES string of the molecule is CC(C)(C)N=C([O-])c1ccnnc1.[Li+]. The Hall–Kier alpha value is -0.853. The summed E-state index contributed by atoms with van der Waals surface area (Å²) in [6.45, 7) is 5.62. The van der Waals surface area contributed by atoms with Crippen LogP contribution in [0.25, 0.3) is 0 Å². The van der Waals surface area contributed by atoms with Gasteiger partial charge < -0.3 is 5.11 Å². The van der Waals surface area contributed by atoms with Crippen molar-refractivity contribution in [2.45, 2.75) is 26.3 Å². The number of rotatable bonds is 1. The van der Waals surface area contributed by atoms with E-state index in [1.54, 1.807) is 6.07 Å². The minimum atomic E-state index is -0.347. The standard InChI is InChI=1S/C9H13N3O.Li/c1-9(2,3)12-8(13)7-4-5-10-11-6-7;/h4-6H,1-3H3,(H,12,13);/q;+1/p-1. The molecule has 1 rings (SSSR count). The van der Waals surface area contributed by atoms with E-state index in [1.165, 1.54) is 12.4 Å². The fourth-order valence-corrected chi connectivity index (χ4v) is 0.786. The van der Waals surface area contributed by atoms with E-state index >= 15 is 0 Å². The van der Waals surface area contributed by atoms with Crippen LogP contribution in [0, 0.1) is 0 Å². The van der Waals surface area contributed by atoms with Gasteiger partial charge in [-0.05, 0) is 32.7 Å². The van der Waals surface area contributed by atoms with Crippen LogP contribution in [-0.4, -0.2) is 21.6 Å². The van der Waals surface area contributed by atoms with Gasteiger partial charge in [-0.1, -0.05) is 0 Å². The molecule has 1 aromatic rings. The number of aliphatic imine (C=N–C) groups is 1. The second-order valence-electron chi connectivity index (χ2n) is 3.72. The summed E-state index contributed by atoms with van der Waals surface area (Å²) in [5, 5.41) is 18.6. The van der Waals surface area contributed by atoms with Gasteiger partial charge in [-0.25, -0.2) is 0 Å². The fraction of sp³-hybridized carbons (Fsp3) is 0.444. The van der Waals surface area contributed by atoms with Gasteiger partial charge in [-0.2, -0.15) is 10.2 Å². The predicted molar refractivity (Wildman–Crippen MR) is 48.3 cm³/mol. The Labute approximate surface area is 95.7 Å². The summed E-state index contributed by atoms with van der Waals surface area (Å²) in [5.74, 6) is -0.248. The van der Waals surface area contributed by atoms with Gasteiger partial charge in [0, 0.05) is 5.56 Å². The maximum atomic E-state index is 11.4. The average Bonchev–Trinajstić information content (AvgIpc) is 2.03. The van der Waals surface area contributed by atoms with Crippen LogP contribution in [0.2, 0.25) is 0 Å². The molecule has 0 radical (unpaired) electrons. The van der Waals surface area contributed by atoms with E-state index in [4.69, 9.17) is 0 Å². The quantitative estimate of drug-likeness (QED) is 0.273. The van der Waals surface area contributed by atoms with Crippen molar-refractivity contribution in [1.29, 1.82) is 0 Å². The van der Waals surface area contributed by atoms with E-state index < -0.39 is 0 Å². The molecule has 5 heteroatoms. The van der Waals surface area contributed by atoms with Gasteiger partial charge in [0.05, 0.1) is 17.9 Å². The van der Waals surface area contributed by atoms with Gasteiger partial charge in [0.25, 0.3) is 0 Å². The van der Waals surface area contributed by atoms with Crippen LogP contribution in [0.1, 0.15) is 26.3 Å². The smallest absolute Gasteiger partial charge is 0.858 e. The summed E-state index contributed by atoms with van der Waals surface area (Å²) in [4.78, 5) is 3.97. The van der Waals surface area contributed by atoms with Crippen LogP contribution in [0.3, 0.4) is 0 Å². The molecule has 0 fully saturated rings. The van der Waals surface area contributed by atoms with Gasteiger partial charge in [-0.15, -0.1) is 0 Å². The van der Waals surface area contributed by atoms with Crippen LogP contribution >= 0.6 is 0 Å². The van der Waals surface area contributed by atoms with E-state index in [0.717, 1.165) is 0 Å². The molecule has 14 heavy (non-hydrogen) atoms. The van der Waals surface area contributed by atoms with Gasteiger partial charge in [0.1, 0.15) is 0 Å². The zero-order valence-electron chi connectivity index (χ0n) is 8.98. The molecule has 0 N–H and O–H groups in total. The second kappa shape index (κ2) is 5.13. The van der Waals surface area contributed by atoms with Gasteiger partial charge in [0.2, 0.25) is 0 Å². The summed E-state index contributed by atoms with van der Waals surface area (Å²) in [7, 11) is 0. The van der Waals surface area contributed by atoms with E-state index in [9.17, 15) is 5.11 Å². The van der Waals surface area contributed by atoms with E-state index in [2.05, 4.69) is 15.2 Å². The van der Waals surface area contributed by atoms with Crippen molar-refractivity contribution in [2.75, 3.05) is 0 Å². The minimum absolute atomic E-state index is 0. The Balaban J connectivity index is 0.00000169. The summed E-state index contributed by atoms with van der Waals surface area (Å²) in [5.41, 5.74) is 0.130. The maximum absolute atomic E-state index is 11.4. The van der Waals surface area contributed by atoms with Crippen molar-refractivity contribution in [3.8, 4) is 0 Å². The molecule has 0 amide bonds. The van der Waals surface area contributed by atoms with E-state index in [-0.39, 0.29) is 30.3 Å². The monoisotopic (exact) mass is 185 g/mol. The van der Waals surface area contributed by atoms with Crippen LogP contribution in [-0.2, 0) is 0 Å². The molecule has 0 saturated heterocycles. The molecule has 0 spiro atoms. The van der Waals surface area contributed by atoms with Crippen molar-refractivity contribution in [2.24, 2.45) is 4.99 Å². The van der Waals surface area contributed by atoms with Crippen LogP contribution in [0.5, 0.6) is 0 Å². The molecule has 0 aliphatic heterocycles. The van der Waals surface area contributed by atoms with Gasteiger partial charge >= 0.3 is 18.9 Å². The molecular weight excluding hydrogens is 173 g/mol. The number of hydrogen-bond acceptors (Lipinski definition) is 4. The van der Waals surface area contributed by atoms with Crippen LogP contribution in [0.15, 0.2) is 23.5 Å². The van der Waals surface area contributed by atoms with E-state index in [0.29, 0.717) is 5.56 Å². The first-order chi connectivity index (χ1) is 5.99. The molecule has 70 valence electrons.